The van der Waals surface area contributed by atoms with E-state index in [1.807, 2.05) is 0 Å². The van der Waals surface area contributed by atoms with Gasteiger partial charge in [0, 0.05) is 5.56 Å². The van der Waals surface area contributed by atoms with Crippen molar-refractivity contribution in [3.8, 4) is 0 Å². The smallest absolute Gasteiger partial charge is 0.220 e. The number of hydrogen-bond acceptors (Lipinski definition) is 2. The molecule has 0 bridgehead atoms. The van der Waals surface area contributed by atoms with Crippen molar-refractivity contribution in [2.45, 2.75) is 26.3 Å². The first-order valence-electron chi connectivity index (χ1n) is 5.30. The molecule has 1 aromatic carbocycles. The molecule has 2 rings (SSSR count). The molecule has 0 unspecified atom stereocenters. The average Bonchev–Trinajstić information content (AvgIpc) is 2.64. The molecule has 1 aliphatic heterocycles. The zero-order valence-corrected chi connectivity index (χ0v) is 10.1. The third-order valence-corrected chi connectivity index (χ3v) is 2.68. The molecule has 2 nitrogen and oxygen atoms in total. The van der Waals surface area contributed by atoms with Gasteiger partial charge in [0.05, 0.1) is 11.1 Å². The number of ether oxygens (including phenoxy) is 1. The highest BCUT2D eigenvalue weighted by molar-refractivity contribution is 5.97. The van der Waals surface area contributed by atoms with E-state index in [1.165, 1.54) is 0 Å². The van der Waals surface area contributed by atoms with E-state index in [-0.39, 0.29) is 18.1 Å². The van der Waals surface area contributed by atoms with E-state index >= 15 is 0 Å². The first-order valence-corrected chi connectivity index (χ1v) is 5.30. The predicted molar refractivity (Wildman–Crippen MR) is 57.6 cm³/mol. The van der Waals surface area contributed by atoms with E-state index < -0.39 is 34.4 Å². The Morgan fingerprint density at radius 1 is 1.00 bits per heavy atom. The standard InChI is InChI=1S/C12H11F4NO/c1-5-6(11-17-12(2,3)4-18-11)8(14)10(16)9(15)7(5)13/h4H2,1-3H3. The van der Waals surface area contributed by atoms with Crippen LogP contribution >= 0.6 is 0 Å². The van der Waals surface area contributed by atoms with Crippen LogP contribution in [0.15, 0.2) is 4.99 Å². The van der Waals surface area contributed by atoms with Gasteiger partial charge in [0.15, 0.2) is 23.3 Å². The second kappa shape index (κ2) is 3.96. The second-order valence-corrected chi connectivity index (χ2v) is 4.77. The monoisotopic (exact) mass is 261 g/mol. The van der Waals surface area contributed by atoms with Gasteiger partial charge in [0.25, 0.3) is 0 Å². The van der Waals surface area contributed by atoms with Gasteiger partial charge in [-0.05, 0) is 20.8 Å². The van der Waals surface area contributed by atoms with Gasteiger partial charge < -0.3 is 4.74 Å². The minimum atomic E-state index is -1.86. The molecule has 0 amide bonds. The third-order valence-electron chi connectivity index (χ3n) is 2.68. The van der Waals surface area contributed by atoms with Crippen LogP contribution in [0, 0.1) is 30.2 Å². The average molecular weight is 261 g/mol. The molecule has 0 atom stereocenters. The Labute approximate surface area is 101 Å². The topological polar surface area (TPSA) is 21.6 Å². The van der Waals surface area contributed by atoms with Crippen LogP contribution in [0.4, 0.5) is 17.6 Å². The maximum absolute atomic E-state index is 13.7. The van der Waals surface area contributed by atoms with Crippen LogP contribution in [0.25, 0.3) is 0 Å². The van der Waals surface area contributed by atoms with Gasteiger partial charge in [-0.25, -0.2) is 22.6 Å². The third kappa shape index (κ3) is 1.85. The lowest BCUT2D eigenvalue weighted by atomic mass is 10.1. The summed E-state index contributed by atoms with van der Waals surface area (Å²) in [5.74, 6) is -6.80. The largest absolute Gasteiger partial charge is 0.475 e. The Morgan fingerprint density at radius 2 is 1.56 bits per heavy atom. The minimum absolute atomic E-state index is 0.168. The van der Waals surface area contributed by atoms with E-state index in [4.69, 9.17) is 4.74 Å². The van der Waals surface area contributed by atoms with Gasteiger partial charge in [-0.15, -0.1) is 0 Å². The maximum Gasteiger partial charge on any atom is 0.220 e. The van der Waals surface area contributed by atoms with E-state index in [1.54, 1.807) is 13.8 Å². The van der Waals surface area contributed by atoms with Gasteiger partial charge in [-0.2, -0.15) is 0 Å². The summed E-state index contributed by atoms with van der Waals surface area (Å²) in [5.41, 5.74) is -1.42. The van der Waals surface area contributed by atoms with Crippen LogP contribution in [0.3, 0.4) is 0 Å². The van der Waals surface area contributed by atoms with Crippen molar-refractivity contribution < 1.29 is 22.3 Å². The lowest BCUT2D eigenvalue weighted by molar-refractivity contribution is 0.278. The zero-order chi connectivity index (χ0) is 13.7. The molecule has 1 aliphatic rings. The van der Waals surface area contributed by atoms with Crippen molar-refractivity contribution in [1.29, 1.82) is 0 Å². The first-order chi connectivity index (χ1) is 8.24. The summed E-state index contributed by atoms with van der Waals surface area (Å²) in [6.07, 6.45) is 0. The fourth-order valence-corrected chi connectivity index (χ4v) is 1.71. The summed E-state index contributed by atoms with van der Waals surface area (Å²) >= 11 is 0. The molecule has 0 saturated carbocycles. The van der Waals surface area contributed by atoms with Crippen LogP contribution in [0.1, 0.15) is 25.0 Å². The maximum atomic E-state index is 13.7. The number of benzene rings is 1. The van der Waals surface area contributed by atoms with Gasteiger partial charge >= 0.3 is 0 Å². The molecule has 0 N–H and O–H groups in total. The quantitative estimate of drug-likeness (QED) is 0.432. The molecule has 0 spiro atoms. The zero-order valence-electron chi connectivity index (χ0n) is 10.1. The Hall–Kier alpha value is -1.59. The second-order valence-electron chi connectivity index (χ2n) is 4.77. The minimum Gasteiger partial charge on any atom is -0.475 e. The van der Waals surface area contributed by atoms with Crippen molar-refractivity contribution in [2.24, 2.45) is 4.99 Å². The first kappa shape index (κ1) is 12.9. The van der Waals surface area contributed by atoms with E-state index in [9.17, 15) is 17.6 Å². The Bertz CT molecular complexity index is 522. The van der Waals surface area contributed by atoms with Crippen LogP contribution in [-0.4, -0.2) is 18.0 Å². The molecule has 98 valence electrons. The van der Waals surface area contributed by atoms with E-state index in [2.05, 4.69) is 4.99 Å². The fraction of sp³-hybridized carbons (Fsp3) is 0.417. The summed E-state index contributed by atoms with van der Waals surface area (Å²) in [6, 6.07) is 0. The summed E-state index contributed by atoms with van der Waals surface area (Å²) in [6.45, 7) is 4.77. The number of rotatable bonds is 1. The number of aliphatic imine (C=N–C) groups is 1. The molecule has 6 heteroatoms. The van der Waals surface area contributed by atoms with Crippen molar-refractivity contribution in [3.63, 3.8) is 0 Å². The van der Waals surface area contributed by atoms with Gasteiger partial charge in [0.1, 0.15) is 6.61 Å². The molecule has 0 radical (unpaired) electrons. The van der Waals surface area contributed by atoms with Crippen LogP contribution in [0.5, 0.6) is 0 Å². The number of hydrogen-bond donors (Lipinski definition) is 0. The van der Waals surface area contributed by atoms with Crippen LogP contribution in [0.2, 0.25) is 0 Å². The lowest BCUT2D eigenvalue weighted by Crippen LogP contribution is -2.17. The molecule has 1 heterocycles. The van der Waals surface area contributed by atoms with Gasteiger partial charge in [0.2, 0.25) is 5.90 Å². The lowest BCUT2D eigenvalue weighted by Gasteiger charge is -2.09. The van der Waals surface area contributed by atoms with Crippen LogP contribution in [-0.2, 0) is 4.74 Å². The van der Waals surface area contributed by atoms with Crippen molar-refractivity contribution in [3.05, 3.63) is 34.4 Å². The predicted octanol–water partition coefficient (Wildman–Crippen LogP) is 3.11. The van der Waals surface area contributed by atoms with Crippen LogP contribution < -0.4 is 0 Å². The fourth-order valence-electron chi connectivity index (χ4n) is 1.71. The van der Waals surface area contributed by atoms with E-state index in [0.29, 0.717) is 0 Å². The molecule has 1 aromatic rings. The van der Waals surface area contributed by atoms with Crippen molar-refractivity contribution >= 4 is 5.90 Å². The van der Waals surface area contributed by atoms with Gasteiger partial charge in [-0.3, -0.25) is 0 Å². The number of nitrogens with zero attached hydrogens (tertiary/aromatic N) is 1. The molecule has 0 saturated heterocycles. The Morgan fingerprint density at radius 3 is 2.06 bits per heavy atom. The molecule has 0 aromatic heterocycles. The summed E-state index contributed by atoms with van der Waals surface area (Å²) in [5, 5.41) is 0. The number of halogens is 4. The SMILES string of the molecule is Cc1c(F)c(F)c(F)c(F)c1C1=NC(C)(C)CO1. The van der Waals surface area contributed by atoms with E-state index in [0.717, 1.165) is 6.92 Å². The molecule has 0 fully saturated rings. The molecular formula is C12H11F4NO. The Balaban J connectivity index is 2.67. The summed E-state index contributed by atoms with van der Waals surface area (Å²) in [4.78, 5) is 4.02. The van der Waals surface area contributed by atoms with Crippen molar-refractivity contribution in [2.75, 3.05) is 6.61 Å². The molecule has 0 aliphatic carbocycles. The Kier molecular flexibility index (Phi) is 2.83. The summed E-state index contributed by atoms with van der Waals surface area (Å²) in [7, 11) is 0. The normalized spacial score (nSPS) is 17.6. The molecular weight excluding hydrogens is 250 g/mol. The van der Waals surface area contributed by atoms with Gasteiger partial charge in [-0.1, -0.05) is 0 Å². The highest BCUT2D eigenvalue weighted by Gasteiger charge is 2.33. The highest BCUT2D eigenvalue weighted by atomic mass is 19.2. The highest BCUT2D eigenvalue weighted by Crippen LogP contribution is 2.28. The summed E-state index contributed by atoms with van der Waals surface area (Å²) < 4.78 is 58.3. The van der Waals surface area contributed by atoms with Crippen molar-refractivity contribution in [1.82, 2.24) is 0 Å². The molecule has 18 heavy (non-hydrogen) atoms.